The maximum atomic E-state index is 12.9. The smallest absolute Gasteiger partial charge is 0.262 e. The van der Waals surface area contributed by atoms with Gasteiger partial charge in [0.05, 0.1) is 17.6 Å². The lowest BCUT2D eigenvalue weighted by molar-refractivity contribution is -0.127. The van der Waals surface area contributed by atoms with Crippen molar-refractivity contribution in [3.8, 4) is 5.75 Å². The molecule has 0 aromatic heterocycles. The molecular formula is C18H17ClN2O4S. The monoisotopic (exact) mass is 392 g/mol. The van der Waals surface area contributed by atoms with Gasteiger partial charge >= 0.3 is 0 Å². The van der Waals surface area contributed by atoms with Crippen LogP contribution in [0.5, 0.6) is 5.75 Å². The summed E-state index contributed by atoms with van der Waals surface area (Å²) in [7, 11) is -2.34. The van der Waals surface area contributed by atoms with Crippen LogP contribution in [0.15, 0.2) is 53.9 Å². The second kappa shape index (κ2) is 7.39. The molecule has 136 valence electrons. The van der Waals surface area contributed by atoms with E-state index in [0.717, 1.165) is 5.41 Å². The highest BCUT2D eigenvalue weighted by Gasteiger charge is 2.35. The Morgan fingerprint density at radius 1 is 1.23 bits per heavy atom. The minimum Gasteiger partial charge on any atom is -0.476 e. The predicted octanol–water partition coefficient (Wildman–Crippen LogP) is 2.65. The van der Waals surface area contributed by atoms with Crippen molar-refractivity contribution >= 4 is 39.3 Å². The Bertz CT molecular complexity index is 942. The highest BCUT2D eigenvalue weighted by Crippen LogP contribution is 2.35. The number of rotatable bonds is 4. The van der Waals surface area contributed by atoms with E-state index in [1.165, 1.54) is 17.4 Å². The first-order valence-electron chi connectivity index (χ1n) is 7.84. The van der Waals surface area contributed by atoms with Gasteiger partial charge in [-0.05, 0) is 35.9 Å². The Labute approximate surface area is 157 Å². The van der Waals surface area contributed by atoms with Gasteiger partial charge in [0, 0.05) is 12.1 Å². The SMILES string of the molecule is CNC(=O)C1CN(S(=O)(=O)C=Cc2ccc(Cl)cc2)c2ccccc2O1. The van der Waals surface area contributed by atoms with Crippen LogP contribution in [0.4, 0.5) is 5.69 Å². The van der Waals surface area contributed by atoms with Gasteiger partial charge in [-0.25, -0.2) is 8.42 Å². The van der Waals surface area contributed by atoms with E-state index in [4.69, 9.17) is 16.3 Å². The number of anilines is 1. The van der Waals surface area contributed by atoms with E-state index < -0.39 is 16.1 Å². The van der Waals surface area contributed by atoms with Gasteiger partial charge in [0.2, 0.25) is 0 Å². The fraction of sp³-hybridized carbons (Fsp3) is 0.167. The second-order valence-electron chi connectivity index (χ2n) is 5.62. The maximum absolute atomic E-state index is 12.9. The first-order chi connectivity index (χ1) is 12.4. The first-order valence-corrected chi connectivity index (χ1v) is 9.72. The largest absolute Gasteiger partial charge is 0.476 e. The van der Waals surface area contributed by atoms with Gasteiger partial charge in [0.15, 0.2) is 6.10 Å². The third kappa shape index (κ3) is 3.84. The lowest BCUT2D eigenvalue weighted by Crippen LogP contribution is -2.49. The van der Waals surface area contributed by atoms with Crippen molar-refractivity contribution in [3.63, 3.8) is 0 Å². The number of nitrogens with one attached hydrogen (secondary N) is 1. The number of ether oxygens (including phenoxy) is 1. The summed E-state index contributed by atoms with van der Waals surface area (Å²) < 4.78 is 32.5. The van der Waals surface area contributed by atoms with Crippen molar-refractivity contribution in [3.05, 3.63) is 64.5 Å². The van der Waals surface area contributed by atoms with E-state index >= 15 is 0 Å². The van der Waals surface area contributed by atoms with Crippen molar-refractivity contribution in [2.24, 2.45) is 0 Å². The summed E-state index contributed by atoms with van der Waals surface area (Å²) in [5.74, 6) is -0.0443. The number of hydrogen-bond donors (Lipinski definition) is 1. The van der Waals surface area contributed by atoms with Crippen molar-refractivity contribution < 1.29 is 17.9 Å². The average molecular weight is 393 g/mol. The van der Waals surface area contributed by atoms with Crippen LogP contribution in [0.2, 0.25) is 5.02 Å². The molecule has 1 aliphatic heterocycles. The van der Waals surface area contributed by atoms with E-state index in [9.17, 15) is 13.2 Å². The zero-order valence-electron chi connectivity index (χ0n) is 13.9. The van der Waals surface area contributed by atoms with Crippen LogP contribution in [-0.4, -0.2) is 34.0 Å². The molecule has 2 aromatic rings. The van der Waals surface area contributed by atoms with Crippen LogP contribution in [0.1, 0.15) is 5.56 Å². The number of nitrogens with zero attached hydrogens (tertiary/aromatic N) is 1. The number of likely N-dealkylation sites (N-methyl/N-ethyl adjacent to an activating group) is 1. The third-order valence-corrected chi connectivity index (χ3v) is 5.58. The average Bonchev–Trinajstić information content (AvgIpc) is 2.66. The molecular weight excluding hydrogens is 376 g/mol. The third-order valence-electron chi connectivity index (χ3n) is 3.88. The van der Waals surface area contributed by atoms with Crippen LogP contribution in [0.25, 0.3) is 6.08 Å². The van der Waals surface area contributed by atoms with Crippen LogP contribution >= 0.6 is 11.6 Å². The molecule has 1 amide bonds. The van der Waals surface area contributed by atoms with Gasteiger partial charge in [0.1, 0.15) is 5.75 Å². The normalized spacial score (nSPS) is 16.8. The molecule has 3 rings (SSSR count). The van der Waals surface area contributed by atoms with Gasteiger partial charge in [-0.1, -0.05) is 35.9 Å². The standard InChI is InChI=1S/C18H17ClN2O4S/c1-20-18(22)17-12-21(15-4-2-3-5-16(15)25-17)26(23,24)11-10-13-6-8-14(19)9-7-13/h2-11,17H,12H2,1H3,(H,20,22). The van der Waals surface area contributed by atoms with Gasteiger partial charge in [-0.15, -0.1) is 0 Å². The Kier molecular flexibility index (Phi) is 5.20. The number of hydrogen-bond acceptors (Lipinski definition) is 4. The zero-order valence-corrected chi connectivity index (χ0v) is 15.5. The minimum absolute atomic E-state index is 0.107. The fourth-order valence-electron chi connectivity index (χ4n) is 2.55. The number of sulfonamides is 1. The lowest BCUT2D eigenvalue weighted by Gasteiger charge is -2.33. The molecule has 1 atom stereocenters. The molecule has 0 saturated carbocycles. The Hall–Kier alpha value is -2.51. The fourth-order valence-corrected chi connectivity index (χ4v) is 3.92. The quantitative estimate of drug-likeness (QED) is 0.867. The molecule has 1 unspecified atom stereocenters. The number of benzene rings is 2. The molecule has 0 radical (unpaired) electrons. The number of fused-ring (bicyclic) bond motifs is 1. The van der Waals surface area contributed by atoms with Crippen molar-refractivity contribution in [2.45, 2.75) is 6.10 Å². The summed E-state index contributed by atoms with van der Waals surface area (Å²) in [6.45, 7) is -0.107. The number of carbonyl (C=O) groups excluding carboxylic acids is 1. The first kappa shape index (κ1) is 18.3. The number of amides is 1. The number of carbonyl (C=O) groups is 1. The number of halogens is 1. The zero-order chi connectivity index (χ0) is 18.7. The van der Waals surface area contributed by atoms with Crippen LogP contribution in [0.3, 0.4) is 0 Å². The molecule has 26 heavy (non-hydrogen) atoms. The molecule has 1 heterocycles. The van der Waals surface area contributed by atoms with Gasteiger partial charge in [-0.3, -0.25) is 9.10 Å². The summed E-state index contributed by atoms with van der Waals surface area (Å²) in [5, 5.41) is 4.16. The number of para-hydroxylation sites is 2. The summed E-state index contributed by atoms with van der Waals surface area (Å²) in [6, 6.07) is 13.5. The van der Waals surface area contributed by atoms with Gasteiger partial charge in [-0.2, -0.15) is 0 Å². The summed E-state index contributed by atoms with van der Waals surface area (Å²) in [6.07, 6.45) is 0.562. The van der Waals surface area contributed by atoms with E-state index in [-0.39, 0.29) is 12.5 Å². The molecule has 0 spiro atoms. The maximum Gasteiger partial charge on any atom is 0.262 e. The van der Waals surface area contributed by atoms with E-state index in [2.05, 4.69) is 5.32 Å². The topological polar surface area (TPSA) is 75.7 Å². The van der Waals surface area contributed by atoms with Crippen molar-refractivity contribution in [2.75, 3.05) is 17.9 Å². The van der Waals surface area contributed by atoms with E-state index in [1.54, 1.807) is 48.5 Å². The Morgan fingerprint density at radius 3 is 2.62 bits per heavy atom. The Balaban J connectivity index is 1.94. The van der Waals surface area contributed by atoms with E-state index in [0.29, 0.717) is 22.0 Å². The Morgan fingerprint density at radius 2 is 1.92 bits per heavy atom. The van der Waals surface area contributed by atoms with Gasteiger partial charge < -0.3 is 10.1 Å². The van der Waals surface area contributed by atoms with Crippen LogP contribution < -0.4 is 14.4 Å². The molecule has 0 saturated heterocycles. The molecule has 0 fully saturated rings. The second-order valence-corrected chi connectivity index (χ2v) is 7.80. The highest BCUT2D eigenvalue weighted by atomic mass is 35.5. The molecule has 1 aliphatic rings. The highest BCUT2D eigenvalue weighted by molar-refractivity contribution is 7.95. The molecule has 0 aliphatic carbocycles. The molecule has 6 nitrogen and oxygen atoms in total. The van der Waals surface area contributed by atoms with Crippen molar-refractivity contribution in [1.82, 2.24) is 5.32 Å². The van der Waals surface area contributed by atoms with Crippen LogP contribution in [0, 0.1) is 0 Å². The molecule has 0 bridgehead atoms. The molecule has 1 N–H and O–H groups in total. The summed E-state index contributed by atoms with van der Waals surface area (Å²) in [5.41, 5.74) is 1.09. The van der Waals surface area contributed by atoms with Gasteiger partial charge in [0.25, 0.3) is 15.9 Å². The summed E-state index contributed by atoms with van der Waals surface area (Å²) >= 11 is 5.84. The summed E-state index contributed by atoms with van der Waals surface area (Å²) in [4.78, 5) is 12.0. The molecule has 2 aromatic carbocycles. The van der Waals surface area contributed by atoms with Crippen LogP contribution in [-0.2, 0) is 14.8 Å². The van der Waals surface area contributed by atoms with Crippen molar-refractivity contribution in [1.29, 1.82) is 0 Å². The lowest BCUT2D eigenvalue weighted by atomic mass is 10.2. The minimum atomic E-state index is -3.82. The van der Waals surface area contributed by atoms with E-state index in [1.807, 2.05) is 0 Å². The molecule has 8 heteroatoms. The predicted molar refractivity (Wildman–Crippen MR) is 102 cm³/mol.